The molecule has 0 unspecified atom stereocenters. The van der Waals surface area contributed by atoms with E-state index < -0.39 is 0 Å². The zero-order chi connectivity index (χ0) is 20.7. The van der Waals surface area contributed by atoms with Crippen molar-refractivity contribution in [2.45, 2.75) is 77.2 Å². The Balaban J connectivity index is 1.34. The van der Waals surface area contributed by atoms with Crippen molar-refractivity contribution in [2.75, 3.05) is 0 Å². The number of fused-ring (bicyclic) bond motifs is 7. The predicted octanol–water partition coefficient (Wildman–Crippen LogP) is 7.10. The Hall–Kier alpha value is -0.900. The molecule has 7 atom stereocenters. The Labute approximate surface area is 189 Å². The quantitative estimate of drug-likeness (QED) is 0.512. The largest absolute Gasteiger partial charge is 0.393 e. The van der Waals surface area contributed by atoms with Crippen molar-refractivity contribution in [1.29, 1.82) is 0 Å². The van der Waals surface area contributed by atoms with Gasteiger partial charge in [-0.25, -0.2) is 4.98 Å². The number of rotatable bonds is 1. The molecule has 4 heteroatoms. The number of hydrogen-bond donors (Lipinski definition) is 1. The molecule has 0 spiro atoms. The van der Waals surface area contributed by atoms with Crippen LogP contribution in [-0.4, -0.2) is 16.2 Å². The van der Waals surface area contributed by atoms with Crippen molar-refractivity contribution in [1.82, 2.24) is 4.98 Å². The van der Waals surface area contributed by atoms with Crippen LogP contribution in [0, 0.1) is 28.6 Å². The highest BCUT2D eigenvalue weighted by Gasteiger charge is 2.60. The third-order valence-corrected chi connectivity index (χ3v) is 11.3. The SMILES string of the molecule is C[C@]12CCc3nc(-c4cccc(Cl)c4)sc3[C@@H]1CC[C@@H]1[C@@H]2CC[C@]2(C)[C@@H](O)CC[C@@H]12. The van der Waals surface area contributed by atoms with Gasteiger partial charge in [0.25, 0.3) is 0 Å². The normalized spacial score (nSPS) is 42.2. The van der Waals surface area contributed by atoms with E-state index in [4.69, 9.17) is 16.6 Å². The highest BCUT2D eigenvalue weighted by Crippen LogP contribution is 2.68. The molecule has 2 aromatic rings. The molecule has 2 nitrogen and oxygen atoms in total. The van der Waals surface area contributed by atoms with E-state index >= 15 is 0 Å². The van der Waals surface area contributed by atoms with Crippen LogP contribution < -0.4 is 0 Å². The molecule has 3 fully saturated rings. The highest BCUT2D eigenvalue weighted by molar-refractivity contribution is 7.15. The van der Waals surface area contributed by atoms with E-state index in [-0.39, 0.29) is 11.5 Å². The molecule has 6 rings (SSSR count). The molecule has 1 aromatic heterocycles. The van der Waals surface area contributed by atoms with Gasteiger partial charge < -0.3 is 5.11 Å². The minimum atomic E-state index is -0.0753. The second kappa shape index (κ2) is 6.80. The van der Waals surface area contributed by atoms with Gasteiger partial charge in [-0.05, 0) is 92.1 Å². The number of nitrogens with zero attached hydrogens (tertiary/aromatic N) is 1. The topological polar surface area (TPSA) is 33.1 Å². The number of aliphatic hydroxyl groups excluding tert-OH is 1. The number of hydrogen-bond acceptors (Lipinski definition) is 3. The van der Waals surface area contributed by atoms with Crippen molar-refractivity contribution in [3.63, 3.8) is 0 Å². The zero-order valence-corrected chi connectivity index (χ0v) is 19.6. The summed E-state index contributed by atoms with van der Waals surface area (Å²) < 4.78 is 0. The minimum Gasteiger partial charge on any atom is -0.393 e. The number of thiazole rings is 1. The van der Waals surface area contributed by atoms with Gasteiger partial charge in [0.2, 0.25) is 0 Å². The van der Waals surface area contributed by atoms with E-state index in [9.17, 15) is 5.11 Å². The number of aliphatic hydroxyl groups is 1. The maximum atomic E-state index is 10.7. The fourth-order valence-electron chi connectivity index (χ4n) is 8.17. The van der Waals surface area contributed by atoms with E-state index in [1.807, 2.05) is 23.5 Å². The lowest BCUT2D eigenvalue weighted by Gasteiger charge is -2.59. The molecule has 1 N–H and O–H groups in total. The van der Waals surface area contributed by atoms with E-state index in [0.717, 1.165) is 46.2 Å². The molecule has 1 aromatic carbocycles. The summed E-state index contributed by atoms with van der Waals surface area (Å²) in [5.74, 6) is 3.01. The molecule has 3 saturated carbocycles. The van der Waals surface area contributed by atoms with Crippen LogP contribution in [0.3, 0.4) is 0 Å². The first kappa shape index (κ1) is 19.8. The molecule has 0 radical (unpaired) electrons. The summed E-state index contributed by atoms with van der Waals surface area (Å²) in [4.78, 5) is 6.66. The van der Waals surface area contributed by atoms with Crippen molar-refractivity contribution < 1.29 is 5.11 Å². The average Bonchev–Trinajstić information content (AvgIpc) is 3.29. The standard InChI is InChI=1S/C26H32ClNOS/c1-25-13-11-21-23(30-24(28-21)15-4-3-5-16(27)14-15)20(25)7-6-17-18-8-9-22(29)26(18,2)12-10-19(17)25/h3-5,14,17-20,22,29H,6-13H2,1-2H3/t17-,18-,19-,20-,22-,25+,26-/m0/s1. The maximum absolute atomic E-state index is 10.7. The van der Waals surface area contributed by atoms with Crippen LogP contribution in [0.2, 0.25) is 5.02 Å². The summed E-state index contributed by atoms with van der Waals surface area (Å²) in [5.41, 5.74) is 3.08. The molecule has 0 bridgehead atoms. The predicted molar refractivity (Wildman–Crippen MR) is 124 cm³/mol. The van der Waals surface area contributed by atoms with Gasteiger partial charge in [0.15, 0.2) is 0 Å². The highest BCUT2D eigenvalue weighted by atomic mass is 35.5. The van der Waals surface area contributed by atoms with Gasteiger partial charge in [0, 0.05) is 21.4 Å². The Morgan fingerprint density at radius 1 is 1.03 bits per heavy atom. The Kier molecular flexibility index (Phi) is 4.48. The van der Waals surface area contributed by atoms with Gasteiger partial charge in [0.05, 0.1) is 11.8 Å². The smallest absolute Gasteiger partial charge is 0.123 e. The summed E-state index contributed by atoms with van der Waals surface area (Å²) >= 11 is 8.19. The number of halogens is 1. The minimum absolute atomic E-state index is 0.0753. The molecule has 0 saturated heterocycles. The van der Waals surface area contributed by atoms with E-state index in [1.165, 1.54) is 44.2 Å². The fraction of sp³-hybridized carbons (Fsp3) is 0.654. The van der Waals surface area contributed by atoms with Gasteiger partial charge >= 0.3 is 0 Å². The van der Waals surface area contributed by atoms with E-state index in [0.29, 0.717) is 11.3 Å². The van der Waals surface area contributed by atoms with Gasteiger partial charge in [-0.3, -0.25) is 0 Å². The average molecular weight is 442 g/mol. The molecule has 4 aliphatic carbocycles. The van der Waals surface area contributed by atoms with Crippen LogP contribution in [0.25, 0.3) is 10.6 Å². The first-order valence-electron chi connectivity index (χ1n) is 11.8. The molecule has 4 aliphatic rings. The van der Waals surface area contributed by atoms with E-state index in [1.54, 1.807) is 4.88 Å². The number of aryl methyl sites for hydroxylation is 1. The van der Waals surface area contributed by atoms with Crippen LogP contribution in [0.4, 0.5) is 0 Å². The van der Waals surface area contributed by atoms with Crippen LogP contribution in [-0.2, 0) is 6.42 Å². The van der Waals surface area contributed by atoms with E-state index in [2.05, 4.69) is 26.0 Å². The van der Waals surface area contributed by atoms with Crippen molar-refractivity contribution in [3.05, 3.63) is 39.9 Å². The van der Waals surface area contributed by atoms with Crippen molar-refractivity contribution >= 4 is 22.9 Å². The Bertz CT molecular complexity index is 987. The Morgan fingerprint density at radius 3 is 2.70 bits per heavy atom. The first-order valence-corrected chi connectivity index (χ1v) is 13.0. The third-order valence-electron chi connectivity index (χ3n) is 9.83. The van der Waals surface area contributed by atoms with Crippen LogP contribution in [0.1, 0.15) is 75.3 Å². The molecule has 1 heterocycles. The van der Waals surface area contributed by atoms with Crippen molar-refractivity contribution in [3.8, 4) is 10.6 Å². The number of aromatic nitrogens is 1. The third kappa shape index (κ3) is 2.67. The van der Waals surface area contributed by atoms with Crippen LogP contribution in [0.15, 0.2) is 24.3 Å². The molecular weight excluding hydrogens is 410 g/mol. The fourth-order valence-corrected chi connectivity index (χ4v) is 9.76. The lowest BCUT2D eigenvalue weighted by atomic mass is 9.45. The Morgan fingerprint density at radius 2 is 1.87 bits per heavy atom. The molecule has 30 heavy (non-hydrogen) atoms. The van der Waals surface area contributed by atoms with Crippen molar-refractivity contribution in [2.24, 2.45) is 28.6 Å². The van der Waals surface area contributed by atoms with Gasteiger partial charge in [-0.15, -0.1) is 11.3 Å². The second-order valence-electron chi connectivity index (χ2n) is 11.0. The second-order valence-corrected chi connectivity index (χ2v) is 12.5. The van der Waals surface area contributed by atoms with Gasteiger partial charge in [-0.2, -0.15) is 0 Å². The molecular formula is C26H32ClNOS. The zero-order valence-electron chi connectivity index (χ0n) is 18.0. The van der Waals surface area contributed by atoms with Crippen LogP contribution in [0.5, 0.6) is 0 Å². The first-order chi connectivity index (χ1) is 14.4. The summed E-state index contributed by atoms with van der Waals surface area (Å²) in [7, 11) is 0. The lowest BCUT2D eigenvalue weighted by molar-refractivity contribution is -0.0985. The maximum Gasteiger partial charge on any atom is 0.123 e. The summed E-state index contributed by atoms with van der Waals surface area (Å²) in [6.45, 7) is 4.99. The molecule has 0 amide bonds. The monoisotopic (exact) mass is 441 g/mol. The van der Waals surface area contributed by atoms with Crippen LogP contribution >= 0.6 is 22.9 Å². The lowest BCUT2D eigenvalue weighted by Crippen LogP contribution is -2.52. The van der Waals surface area contributed by atoms with Gasteiger partial charge in [0.1, 0.15) is 5.01 Å². The molecule has 160 valence electrons. The number of benzene rings is 1. The summed E-state index contributed by atoms with van der Waals surface area (Å²) in [6.07, 6.45) is 9.73. The van der Waals surface area contributed by atoms with Gasteiger partial charge in [-0.1, -0.05) is 37.6 Å². The summed E-state index contributed by atoms with van der Waals surface area (Å²) in [6, 6.07) is 8.16. The summed E-state index contributed by atoms with van der Waals surface area (Å²) in [5, 5.41) is 12.6. The molecule has 0 aliphatic heterocycles.